The molecule has 0 atom stereocenters. The molecule has 78 valence electrons. The van der Waals surface area contributed by atoms with Gasteiger partial charge in [-0.15, -0.1) is 0 Å². The monoisotopic (exact) mass is 208 g/mol. The lowest BCUT2D eigenvalue weighted by Crippen LogP contribution is -2.04. The zero-order valence-electron chi connectivity index (χ0n) is 8.32. The number of carbonyl (C=O) groups is 1. The van der Waals surface area contributed by atoms with Crippen LogP contribution in [0.15, 0.2) is 18.5 Å². The molecule has 2 aromatic heterocycles. The fourth-order valence-corrected chi connectivity index (χ4v) is 1.41. The SMILES string of the molecule is COC(=O)c1cc(F)c2nc(C)cn2c1. The molecule has 0 saturated carbocycles. The van der Waals surface area contributed by atoms with E-state index in [9.17, 15) is 9.18 Å². The largest absolute Gasteiger partial charge is 0.465 e. The molecule has 0 radical (unpaired) electrons. The van der Waals surface area contributed by atoms with Crippen molar-refractivity contribution in [3.63, 3.8) is 0 Å². The van der Waals surface area contributed by atoms with Gasteiger partial charge in [-0.25, -0.2) is 14.2 Å². The number of ether oxygens (including phenoxy) is 1. The molecule has 4 nitrogen and oxygen atoms in total. The Balaban J connectivity index is 2.66. The molecule has 15 heavy (non-hydrogen) atoms. The number of aromatic nitrogens is 2. The van der Waals surface area contributed by atoms with Gasteiger partial charge in [-0.05, 0) is 13.0 Å². The Labute approximate surface area is 85.3 Å². The number of aryl methyl sites for hydroxylation is 1. The maximum Gasteiger partial charge on any atom is 0.339 e. The van der Waals surface area contributed by atoms with Crippen LogP contribution in [0.25, 0.3) is 5.65 Å². The second-order valence-corrected chi connectivity index (χ2v) is 3.18. The number of halogens is 1. The third kappa shape index (κ3) is 1.56. The third-order valence-electron chi connectivity index (χ3n) is 2.05. The smallest absolute Gasteiger partial charge is 0.339 e. The summed E-state index contributed by atoms with van der Waals surface area (Å²) in [4.78, 5) is 15.2. The molecule has 0 spiro atoms. The predicted molar refractivity (Wildman–Crippen MR) is 51.2 cm³/mol. The van der Waals surface area contributed by atoms with Gasteiger partial charge >= 0.3 is 5.97 Å². The molecule has 0 amide bonds. The molecule has 0 aliphatic rings. The van der Waals surface area contributed by atoms with Crippen LogP contribution in [-0.2, 0) is 4.74 Å². The minimum atomic E-state index is -0.567. The first kappa shape index (κ1) is 9.64. The summed E-state index contributed by atoms with van der Waals surface area (Å²) in [7, 11) is 1.25. The summed E-state index contributed by atoms with van der Waals surface area (Å²) in [6.07, 6.45) is 3.13. The summed E-state index contributed by atoms with van der Waals surface area (Å²) >= 11 is 0. The van der Waals surface area contributed by atoms with Gasteiger partial charge in [0, 0.05) is 12.4 Å². The summed E-state index contributed by atoms with van der Waals surface area (Å²) in [6.45, 7) is 1.75. The quantitative estimate of drug-likeness (QED) is 0.668. The lowest BCUT2D eigenvalue weighted by molar-refractivity contribution is 0.0599. The van der Waals surface area contributed by atoms with E-state index in [0.717, 1.165) is 6.07 Å². The van der Waals surface area contributed by atoms with E-state index in [0.29, 0.717) is 5.69 Å². The Morgan fingerprint density at radius 3 is 2.93 bits per heavy atom. The molecule has 0 aliphatic carbocycles. The van der Waals surface area contributed by atoms with E-state index in [1.54, 1.807) is 13.1 Å². The predicted octanol–water partition coefficient (Wildman–Crippen LogP) is 1.57. The zero-order valence-corrected chi connectivity index (χ0v) is 8.32. The number of fused-ring (bicyclic) bond motifs is 1. The van der Waals surface area contributed by atoms with Crippen LogP contribution in [-0.4, -0.2) is 22.5 Å². The van der Waals surface area contributed by atoms with E-state index in [4.69, 9.17) is 0 Å². The third-order valence-corrected chi connectivity index (χ3v) is 2.05. The Hall–Kier alpha value is -1.91. The molecule has 0 saturated heterocycles. The maximum atomic E-state index is 13.5. The van der Waals surface area contributed by atoms with Crippen molar-refractivity contribution >= 4 is 11.6 Å². The molecule has 0 bridgehead atoms. The lowest BCUT2D eigenvalue weighted by atomic mass is 10.3. The van der Waals surface area contributed by atoms with Gasteiger partial charge in [0.1, 0.15) is 0 Å². The highest BCUT2D eigenvalue weighted by Crippen LogP contribution is 2.12. The van der Waals surface area contributed by atoms with Crippen LogP contribution in [0, 0.1) is 12.7 Å². The highest BCUT2D eigenvalue weighted by molar-refractivity contribution is 5.89. The van der Waals surface area contributed by atoms with E-state index in [2.05, 4.69) is 9.72 Å². The molecular weight excluding hydrogens is 199 g/mol. The van der Waals surface area contributed by atoms with E-state index in [-0.39, 0.29) is 11.2 Å². The van der Waals surface area contributed by atoms with Crippen molar-refractivity contribution in [1.82, 2.24) is 9.38 Å². The first-order valence-electron chi connectivity index (χ1n) is 4.35. The highest BCUT2D eigenvalue weighted by Gasteiger charge is 2.11. The summed E-state index contributed by atoms with van der Waals surface area (Å²) < 4.78 is 19.4. The Morgan fingerprint density at radius 2 is 2.27 bits per heavy atom. The van der Waals surface area contributed by atoms with Gasteiger partial charge in [-0.1, -0.05) is 0 Å². The molecule has 2 aromatic rings. The van der Waals surface area contributed by atoms with E-state index in [1.807, 2.05) is 0 Å². The van der Waals surface area contributed by atoms with Crippen LogP contribution >= 0.6 is 0 Å². The van der Waals surface area contributed by atoms with Crippen LogP contribution in [0.3, 0.4) is 0 Å². The number of imidazole rings is 1. The van der Waals surface area contributed by atoms with Gasteiger partial charge in [0.2, 0.25) is 0 Å². The van der Waals surface area contributed by atoms with E-state index in [1.165, 1.54) is 17.7 Å². The molecule has 0 fully saturated rings. The molecular formula is C10H9FN2O2. The molecule has 5 heteroatoms. The first-order chi connectivity index (χ1) is 7.11. The van der Waals surface area contributed by atoms with Crippen molar-refractivity contribution in [2.24, 2.45) is 0 Å². The van der Waals surface area contributed by atoms with Crippen molar-refractivity contribution in [3.05, 3.63) is 35.5 Å². The minimum absolute atomic E-state index is 0.167. The summed E-state index contributed by atoms with van der Waals surface area (Å²) in [5, 5.41) is 0. The van der Waals surface area contributed by atoms with Gasteiger partial charge < -0.3 is 9.14 Å². The first-order valence-corrected chi connectivity index (χ1v) is 4.35. The average Bonchev–Trinajstić information content (AvgIpc) is 2.58. The number of rotatable bonds is 1. The number of methoxy groups -OCH3 is 1. The topological polar surface area (TPSA) is 43.6 Å². The second-order valence-electron chi connectivity index (χ2n) is 3.18. The van der Waals surface area contributed by atoms with Crippen LogP contribution in [0.4, 0.5) is 4.39 Å². The number of hydrogen-bond acceptors (Lipinski definition) is 3. The van der Waals surface area contributed by atoms with Crippen LogP contribution < -0.4 is 0 Å². The van der Waals surface area contributed by atoms with Crippen LogP contribution in [0.2, 0.25) is 0 Å². The average molecular weight is 208 g/mol. The van der Waals surface area contributed by atoms with Crippen molar-refractivity contribution in [3.8, 4) is 0 Å². The number of hydrogen-bond donors (Lipinski definition) is 0. The van der Waals surface area contributed by atoms with Gasteiger partial charge in [0.25, 0.3) is 0 Å². The van der Waals surface area contributed by atoms with E-state index < -0.39 is 11.8 Å². The maximum absolute atomic E-state index is 13.5. The fraction of sp³-hybridized carbons (Fsp3) is 0.200. The number of carbonyl (C=O) groups excluding carboxylic acids is 1. The molecule has 0 N–H and O–H groups in total. The fourth-order valence-electron chi connectivity index (χ4n) is 1.41. The normalized spacial score (nSPS) is 10.6. The van der Waals surface area contributed by atoms with Gasteiger partial charge in [-0.3, -0.25) is 0 Å². The number of pyridine rings is 1. The summed E-state index contributed by atoms with van der Waals surface area (Å²) in [5.41, 5.74) is 1.07. The zero-order chi connectivity index (χ0) is 11.0. The van der Waals surface area contributed by atoms with E-state index >= 15 is 0 Å². The Bertz CT molecular complexity index is 533. The second kappa shape index (κ2) is 3.34. The van der Waals surface area contributed by atoms with Crippen molar-refractivity contribution in [2.45, 2.75) is 6.92 Å². The number of esters is 1. The lowest BCUT2D eigenvalue weighted by Gasteiger charge is -2.00. The molecule has 2 heterocycles. The van der Waals surface area contributed by atoms with Crippen molar-refractivity contribution < 1.29 is 13.9 Å². The minimum Gasteiger partial charge on any atom is -0.465 e. The van der Waals surface area contributed by atoms with Crippen molar-refractivity contribution in [1.29, 1.82) is 0 Å². The Kier molecular flexibility index (Phi) is 2.15. The summed E-state index contributed by atoms with van der Waals surface area (Å²) in [5.74, 6) is -1.10. The number of nitrogens with zero attached hydrogens (tertiary/aromatic N) is 2. The van der Waals surface area contributed by atoms with Gasteiger partial charge in [-0.2, -0.15) is 0 Å². The van der Waals surface area contributed by atoms with Crippen LogP contribution in [0.5, 0.6) is 0 Å². The van der Waals surface area contributed by atoms with Gasteiger partial charge in [0.15, 0.2) is 11.5 Å². The highest BCUT2D eigenvalue weighted by atomic mass is 19.1. The van der Waals surface area contributed by atoms with Crippen LogP contribution in [0.1, 0.15) is 16.1 Å². The molecule has 0 aliphatic heterocycles. The standard InChI is InChI=1S/C10H9FN2O2/c1-6-4-13-5-7(10(14)15-2)3-8(11)9(13)12-6/h3-5H,1-2H3. The molecule has 0 unspecified atom stereocenters. The van der Waals surface area contributed by atoms with Crippen molar-refractivity contribution in [2.75, 3.05) is 7.11 Å². The van der Waals surface area contributed by atoms with Gasteiger partial charge in [0.05, 0.1) is 18.4 Å². The Morgan fingerprint density at radius 1 is 1.53 bits per heavy atom. The summed E-state index contributed by atoms with van der Waals surface area (Å²) in [6, 6.07) is 1.12. The molecule has 2 rings (SSSR count). The molecule has 0 aromatic carbocycles.